The maximum absolute atomic E-state index is 5.56. The maximum Gasteiger partial charge on any atom is 0.0634 e. The van der Waals surface area contributed by atoms with Crippen LogP contribution in [0.1, 0.15) is 59.8 Å². The Bertz CT molecular complexity index is 243. The summed E-state index contributed by atoms with van der Waals surface area (Å²) in [5.41, 5.74) is 0.00188. The third kappa shape index (κ3) is 5.80. The minimum atomic E-state index is 0.00188. The van der Waals surface area contributed by atoms with Gasteiger partial charge in [-0.05, 0) is 33.1 Å². The van der Waals surface area contributed by atoms with E-state index in [9.17, 15) is 0 Å². The van der Waals surface area contributed by atoms with E-state index in [0.717, 1.165) is 19.5 Å². The fourth-order valence-electron chi connectivity index (χ4n) is 2.88. The molecule has 1 N–H and O–H groups in total. The molecular weight excluding hydrogens is 236 g/mol. The summed E-state index contributed by atoms with van der Waals surface area (Å²) in [6.45, 7) is 12.5. The number of nitrogens with one attached hydrogen (secondary N) is 1. The normalized spacial score (nSPS) is 25.7. The van der Waals surface area contributed by atoms with Gasteiger partial charge in [0.25, 0.3) is 0 Å². The second kappa shape index (κ2) is 8.23. The summed E-state index contributed by atoms with van der Waals surface area (Å²) in [5.74, 6) is 0. The van der Waals surface area contributed by atoms with Crippen molar-refractivity contribution in [2.45, 2.75) is 77.5 Å². The zero-order chi connectivity index (χ0) is 14.3. The molecular formula is C16H34N2O. The van der Waals surface area contributed by atoms with Gasteiger partial charge in [-0.1, -0.05) is 26.7 Å². The van der Waals surface area contributed by atoms with Gasteiger partial charge in [0, 0.05) is 38.8 Å². The molecule has 1 aliphatic rings. The molecule has 0 aliphatic carbocycles. The van der Waals surface area contributed by atoms with Gasteiger partial charge in [-0.25, -0.2) is 0 Å². The maximum atomic E-state index is 5.56. The van der Waals surface area contributed by atoms with E-state index in [2.05, 4.69) is 37.9 Å². The van der Waals surface area contributed by atoms with Gasteiger partial charge < -0.3 is 10.1 Å². The van der Waals surface area contributed by atoms with Crippen LogP contribution in [-0.2, 0) is 4.74 Å². The summed E-state index contributed by atoms with van der Waals surface area (Å²) in [7, 11) is 1.82. The number of ether oxygens (including phenoxy) is 1. The molecule has 1 aliphatic heterocycles. The molecule has 0 aromatic rings. The number of nitrogens with zero attached hydrogens (tertiary/aromatic N) is 1. The van der Waals surface area contributed by atoms with E-state index in [1.807, 2.05) is 7.11 Å². The average Bonchev–Trinajstić information content (AvgIpc) is 2.39. The monoisotopic (exact) mass is 270 g/mol. The smallest absolute Gasteiger partial charge is 0.0634 e. The molecule has 0 aromatic heterocycles. The Kier molecular flexibility index (Phi) is 7.33. The third-order valence-electron chi connectivity index (χ3n) is 4.43. The van der Waals surface area contributed by atoms with E-state index in [1.165, 1.54) is 32.2 Å². The molecule has 1 heterocycles. The van der Waals surface area contributed by atoms with Crippen molar-refractivity contribution < 1.29 is 4.74 Å². The van der Waals surface area contributed by atoms with Crippen molar-refractivity contribution in [2.24, 2.45) is 0 Å². The lowest BCUT2D eigenvalue weighted by Crippen LogP contribution is -2.57. The average molecular weight is 270 g/mol. The van der Waals surface area contributed by atoms with Crippen LogP contribution in [0.3, 0.4) is 0 Å². The lowest BCUT2D eigenvalue weighted by atomic mass is 9.99. The number of hydrogen-bond donors (Lipinski definition) is 1. The summed E-state index contributed by atoms with van der Waals surface area (Å²) >= 11 is 0. The van der Waals surface area contributed by atoms with Crippen LogP contribution >= 0.6 is 0 Å². The van der Waals surface area contributed by atoms with E-state index in [1.54, 1.807) is 0 Å². The van der Waals surface area contributed by atoms with Gasteiger partial charge in [0.15, 0.2) is 0 Å². The van der Waals surface area contributed by atoms with Gasteiger partial charge >= 0.3 is 0 Å². The lowest BCUT2D eigenvalue weighted by molar-refractivity contribution is -0.00109. The van der Waals surface area contributed by atoms with Crippen molar-refractivity contribution in [3.05, 3.63) is 0 Å². The fourth-order valence-corrected chi connectivity index (χ4v) is 2.88. The lowest BCUT2D eigenvalue weighted by Gasteiger charge is -2.41. The molecule has 2 atom stereocenters. The van der Waals surface area contributed by atoms with Crippen molar-refractivity contribution in [1.29, 1.82) is 0 Å². The highest BCUT2D eigenvalue weighted by molar-refractivity contribution is 4.87. The molecule has 19 heavy (non-hydrogen) atoms. The number of methoxy groups -OCH3 is 1. The highest BCUT2D eigenvalue weighted by atomic mass is 16.5. The molecule has 0 aromatic carbocycles. The molecule has 1 saturated heterocycles. The van der Waals surface area contributed by atoms with Crippen LogP contribution < -0.4 is 5.32 Å². The summed E-state index contributed by atoms with van der Waals surface area (Å²) in [6.07, 6.45) is 6.26. The quantitative estimate of drug-likeness (QED) is 0.733. The third-order valence-corrected chi connectivity index (χ3v) is 4.43. The van der Waals surface area contributed by atoms with Crippen molar-refractivity contribution in [3.8, 4) is 0 Å². The first kappa shape index (κ1) is 16.9. The Morgan fingerprint density at radius 1 is 1.21 bits per heavy atom. The van der Waals surface area contributed by atoms with Gasteiger partial charge in [-0.3, -0.25) is 4.90 Å². The van der Waals surface area contributed by atoms with Crippen LogP contribution in [0.15, 0.2) is 0 Å². The van der Waals surface area contributed by atoms with Crippen LogP contribution in [0.5, 0.6) is 0 Å². The van der Waals surface area contributed by atoms with Crippen LogP contribution in [0.4, 0.5) is 0 Å². The molecule has 3 nitrogen and oxygen atoms in total. The second-order valence-corrected chi connectivity index (χ2v) is 6.55. The molecule has 0 saturated carbocycles. The Morgan fingerprint density at radius 3 is 2.47 bits per heavy atom. The topological polar surface area (TPSA) is 24.5 Å². The predicted octanol–water partition coefficient (Wildman–Crippen LogP) is 3.04. The second-order valence-electron chi connectivity index (χ2n) is 6.55. The van der Waals surface area contributed by atoms with E-state index in [0.29, 0.717) is 12.1 Å². The molecule has 3 heteroatoms. The summed E-state index contributed by atoms with van der Waals surface area (Å²) < 4.78 is 5.56. The molecule has 0 radical (unpaired) electrons. The number of rotatable bonds is 8. The van der Waals surface area contributed by atoms with Crippen molar-refractivity contribution in [1.82, 2.24) is 10.2 Å². The predicted molar refractivity (Wildman–Crippen MR) is 82.7 cm³/mol. The zero-order valence-corrected chi connectivity index (χ0v) is 13.7. The van der Waals surface area contributed by atoms with Crippen LogP contribution in [0.2, 0.25) is 0 Å². The van der Waals surface area contributed by atoms with Gasteiger partial charge in [-0.15, -0.1) is 0 Å². The highest BCUT2D eigenvalue weighted by Gasteiger charge is 2.28. The molecule has 2 unspecified atom stereocenters. The minimum absolute atomic E-state index is 0.00188. The summed E-state index contributed by atoms with van der Waals surface area (Å²) in [5, 5.41) is 3.72. The van der Waals surface area contributed by atoms with Crippen molar-refractivity contribution >= 4 is 0 Å². The summed E-state index contributed by atoms with van der Waals surface area (Å²) in [6, 6.07) is 1.40. The van der Waals surface area contributed by atoms with Gasteiger partial charge in [0.2, 0.25) is 0 Å². The first-order chi connectivity index (χ1) is 9.02. The first-order valence-corrected chi connectivity index (χ1v) is 8.05. The Hall–Kier alpha value is -0.120. The van der Waals surface area contributed by atoms with Crippen molar-refractivity contribution in [2.75, 3.05) is 26.7 Å². The SMILES string of the molecule is CCCC1CN(CCC(C)(C)OC)C(CCC)CN1. The van der Waals surface area contributed by atoms with Crippen LogP contribution in [0, 0.1) is 0 Å². The zero-order valence-electron chi connectivity index (χ0n) is 13.7. The van der Waals surface area contributed by atoms with Gasteiger partial charge in [-0.2, -0.15) is 0 Å². The Labute approximate surface area is 120 Å². The van der Waals surface area contributed by atoms with Crippen LogP contribution in [0.25, 0.3) is 0 Å². The van der Waals surface area contributed by atoms with E-state index >= 15 is 0 Å². The molecule has 114 valence electrons. The standard InChI is InChI=1S/C16H34N2O/c1-6-8-14-13-18(11-10-16(3,4)19-5)15(9-7-2)12-17-14/h14-15,17H,6-13H2,1-5H3. The highest BCUT2D eigenvalue weighted by Crippen LogP contribution is 2.19. The fraction of sp³-hybridized carbons (Fsp3) is 1.00. The van der Waals surface area contributed by atoms with Crippen LogP contribution in [-0.4, -0.2) is 49.3 Å². The molecule has 1 rings (SSSR count). The molecule has 1 fully saturated rings. The van der Waals surface area contributed by atoms with Crippen molar-refractivity contribution in [3.63, 3.8) is 0 Å². The molecule has 0 bridgehead atoms. The number of piperazine rings is 1. The van der Waals surface area contributed by atoms with E-state index in [-0.39, 0.29) is 5.60 Å². The van der Waals surface area contributed by atoms with Gasteiger partial charge in [0.05, 0.1) is 5.60 Å². The van der Waals surface area contributed by atoms with Gasteiger partial charge in [0.1, 0.15) is 0 Å². The largest absolute Gasteiger partial charge is 0.379 e. The van der Waals surface area contributed by atoms with E-state index < -0.39 is 0 Å². The molecule has 0 amide bonds. The first-order valence-electron chi connectivity index (χ1n) is 8.05. The number of hydrogen-bond acceptors (Lipinski definition) is 3. The van der Waals surface area contributed by atoms with E-state index in [4.69, 9.17) is 4.74 Å². The minimum Gasteiger partial charge on any atom is -0.379 e. The Balaban J connectivity index is 2.51. The Morgan fingerprint density at radius 2 is 1.89 bits per heavy atom. The molecule has 0 spiro atoms. The summed E-state index contributed by atoms with van der Waals surface area (Å²) in [4.78, 5) is 2.70.